The molecule has 3 rings (SSSR count). The number of hydrogen-bond acceptors (Lipinski definition) is 3. The lowest BCUT2D eigenvalue weighted by molar-refractivity contribution is -0.140. The van der Waals surface area contributed by atoms with Crippen LogP contribution in [-0.2, 0) is 6.18 Å². The van der Waals surface area contributed by atoms with Crippen LogP contribution < -0.4 is 10.1 Å². The van der Waals surface area contributed by atoms with Gasteiger partial charge in [-0.1, -0.05) is 24.3 Å². The standard InChI is InChI=1S/C19H18F4N2O2.ClH/c1-27-16-8-3-2-5-12(16)15-11-24-9-10-25(15)18(26)13-6-4-7-14(17(13)20)19(21,22)23;/h2-8,15,24H,9-11H2,1H3;1H. The summed E-state index contributed by atoms with van der Waals surface area (Å²) in [5, 5.41) is 3.15. The molecular formula is C19H19ClF4N2O2. The van der Waals surface area contributed by atoms with Crippen molar-refractivity contribution in [3.63, 3.8) is 0 Å². The minimum Gasteiger partial charge on any atom is -0.496 e. The predicted octanol–water partition coefficient (Wildman–Crippen LogP) is 4.06. The molecule has 152 valence electrons. The molecule has 1 amide bonds. The second-order valence-electron chi connectivity index (χ2n) is 6.13. The number of nitrogens with zero attached hydrogens (tertiary/aromatic N) is 1. The lowest BCUT2D eigenvalue weighted by Crippen LogP contribution is -2.49. The lowest BCUT2D eigenvalue weighted by atomic mass is 10.00. The summed E-state index contributed by atoms with van der Waals surface area (Å²) in [7, 11) is 1.49. The van der Waals surface area contributed by atoms with Crippen LogP contribution in [-0.4, -0.2) is 37.6 Å². The highest BCUT2D eigenvalue weighted by atomic mass is 35.5. The molecule has 1 heterocycles. The lowest BCUT2D eigenvalue weighted by Gasteiger charge is -2.37. The maximum Gasteiger partial charge on any atom is 0.419 e. The molecule has 0 radical (unpaired) electrons. The molecule has 2 aromatic carbocycles. The van der Waals surface area contributed by atoms with Crippen LogP contribution in [0, 0.1) is 5.82 Å². The van der Waals surface area contributed by atoms with Crippen LogP contribution in [0.1, 0.15) is 27.5 Å². The first-order chi connectivity index (χ1) is 12.8. The number of carbonyl (C=O) groups excluding carboxylic acids is 1. The fraction of sp³-hybridized carbons (Fsp3) is 0.316. The molecule has 1 aliphatic rings. The quantitative estimate of drug-likeness (QED) is 0.764. The number of benzene rings is 2. The van der Waals surface area contributed by atoms with Crippen LogP contribution in [0.2, 0.25) is 0 Å². The van der Waals surface area contributed by atoms with Crippen LogP contribution in [0.3, 0.4) is 0 Å². The molecule has 1 unspecified atom stereocenters. The Labute approximate surface area is 165 Å². The normalized spacial score (nSPS) is 17.0. The average molecular weight is 419 g/mol. The summed E-state index contributed by atoms with van der Waals surface area (Å²) in [5.41, 5.74) is -1.34. The number of amides is 1. The van der Waals surface area contributed by atoms with Crippen LogP contribution >= 0.6 is 12.4 Å². The van der Waals surface area contributed by atoms with Crippen molar-refractivity contribution in [2.24, 2.45) is 0 Å². The molecule has 9 heteroatoms. The van der Waals surface area contributed by atoms with Gasteiger partial charge in [0.2, 0.25) is 0 Å². The van der Waals surface area contributed by atoms with Crippen molar-refractivity contribution in [3.8, 4) is 5.75 Å². The van der Waals surface area contributed by atoms with E-state index >= 15 is 0 Å². The topological polar surface area (TPSA) is 41.6 Å². The van der Waals surface area contributed by atoms with Gasteiger partial charge < -0.3 is 15.0 Å². The zero-order valence-corrected chi connectivity index (χ0v) is 15.7. The van der Waals surface area contributed by atoms with Crippen LogP contribution in [0.5, 0.6) is 5.75 Å². The molecule has 1 N–H and O–H groups in total. The molecule has 1 aliphatic heterocycles. The Morgan fingerprint density at radius 1 is 1.18 bits per heavy atom. The highest BCUT2D eigenvalue weighted by molar-refractivity contribution is 5.95. The van der Waals surface area contributed by atoms with E-state index < -0.39 is 35.1 Å². The number of piperazine rings is 1. The van der Waals surface area contributed by atoms with E-state index in [4.69, 9.17) is 4.74 Å². The number of rotatable bonds is 3. The van der Waals surface area contributed by atoms with Crippen molar-refractivity contribution in [3.05, 3.63) is 65.0 Å². The molecule has 2 aromatic rings. The molecule has 0 bridgehead atoms. The Morgan fingerprint density at radius 3 is 2.57 bits per heavy atom. The SMILES string of the molecule is COc1ccccc1C1CNCCN1C(=O)c1cccc(C(F)(F)F)c1F.Cl. The van der Waals surface area contributed by atoms with Crippen LogP contribution in [0.4, 0.5) is 17.6 Å². The largest absolute Gasteiger partial charge is 0.496 e. The second kappa shape index (κ2) is 8.79. The van der Waals surface area contributed by atoms with E-state index in [1.807, 2.05) is 0 Å². The van der Waals surface area contributed by atoms with E-state index in [-0.39, 0.29) is 19.0 Å². The summed E-state index contributed by atoms with van der Waals surface area (Å²) in [5.74, 6) is -1.78. The van der Waals surface area contributed by atoms with Crippen molar-refractivity contribution in [2.45, 2.75) is 12.2 Å². The first-order valence-electron chi connectivity index (χ1n) is 8.35. The van der Waals surface area contributed by atoms with E-state index in [1.54, 1.807) is 24.3 Å². The fourth-order valence-corrected chi connectivity index (χ4v) is 3.24. The smallest absolute Gasteiger partial charge is 0.419 e. The van der Waals surface area contributed by atoms with Crippen LogP contribution in [0.25, 0.3) is 0 Å². The highest BCUT2D eigenvalue weighted by Gasteiger charge is 2.38. The van der Waals surface area contributed by atoms with E-state index in [9.17, 15) is 22.4 Å². The van der Waals surface area contributed by atoms with Gasteiger partial charge in [-0.25, -0.2) is 4.39 Å². The number of para-hydroxylation sites is 1. The summed E-state index contributed by atoms with van der Waals surface area (Å²) in [4.78, 5) is 14.3. The third-order valence-electron chi connectivity index (χ3n) is 4.54. The average Bonchev–Trinajstić information content (AvgIpc) is 2.66. The summed E-state index contributed by atoms with van der Waals surface area (Å²) in [6.45, 7) is 1.07. The Bertz CT molecular complexity index is 845. The molecular weight excluding hydrogens is 400 g/mol. The van der Waals surface area contributed by atoms with Crippen molar-refractivity contribution >= 4 is 18.3 Å². The van der Waals surface area contributed by atoms with Gasteiger partial charge in [0.25, 0.3) is 5.91 Å². The molecule has 4 nitrogen and oxygen atoms in total. The van der Waals surface area contributed by atoms with Gasteiger partial charge in [-0.2, -0.15) is 13.2 Å². The fourth-order valence-electron chi connectivity index (χ4n) is 3.24. The molecule has 1 atom stereocenters. The number of alkyl halides is 3. The summed E-state index contributed by atoms with van der Waals surface area (Å²) < 4.78 is 58.7. The summed E-state index contributed by atoms with van der Waals surface area (Å²) >= 11 is 0. The number of carbonyl (C=O) groups is 1. The molecule has 28 heavy (non-hydrogen) atoms. The van der Waals surface area contributed by atoms with Gasteiger partial charge in [0.15, 0.2) is 0 Å². The molecule has 0 saturated carbocycles. The first kappa shape index (κ1) is 22.0. The first-order valence-corrected chi connectivity index (χ1v) is 8.35. The summed E-state index contributed by atoms with van der Waals surface area (Å²) in [6, 6.07) is 9.32. The maximum absolute atomic E-state index is 14.4. The van der Waals surface area contributed by atoms with Crippen molar-refractivity contribution < 1.29 is 27.1 Å². The molecule has 1 fully saturated rings. The summed E-state index contributed by atoms with van der Waals surface area (Å²) in [6.07, 6.45) is -4.87. The maximum atomic E-state index is 14.4. The molecule has 0 aliphatic carbocycles. The Kier molecular flexibility index (Phi) is 6.90. The number of ether oxygens (including phenoxy) is 1. The van der Waals surface area contributed by atoms with Gasteiger partial charge in [-0.3, -0.25) is 4.79 Å². The van der Waals surface area contributed by atoms with E-state index in [0.29, 0.717) is 30.5 Å². The van der Waals surface area contributed by atoms with Gasteiger partial charge >= 0.3 is 6.18 Å². The number of nitrogens with one attached hydrogen (secondary N) is 1. The van der Waals surface area contributed by atoms with Crippen LogP contribution in [0.15, 0.2) is 42.5 Å². The monoisotopic (exact) mass is 418 g/mol. The van der Waals surface area contributed by atoms with Gasteiger partial charge in [0, 0.05) is 25.2 Å². The number of methoxy groups -OCH3 is 1. The minimum absolute atomic E-state index is 0. The Balaban J connectivity index is 0.00000280. The second-order valence-corrected chi connectivity index (χ2v) is 6.13. The number of halogens is 5. The zero-order valence-electron chi connectivity index (χ0n) is 14.9. The Morgan fingerprint density at radius 2 is 1.89 bits per heavy atom. The van der Waals surface area contributed by atoms with Crippen molar-refractivity contribution in [1.29, 1.82) is 0 Å². The van der Waals surface area contributed by atoms with E-state index in [1.165, 1.54) is 12.0 Å². The highest BCUT2D eigenvalue weighted by Crippen LogP contribution is 2.35. The Hall–Kier alpha value is -2.32. The molecule has 0 spiro atoms. The van der Waals surface area contributed by atoms with E-state index in [2.05, 4.69) is 5.32 Å². The van der Waals surface area contributed by atoms with Gasteiger partial charge in [-0.15, -0.1) is 12.4 Å². The van der Waals surface area contributed by atoms with Gasteiger partial charge in [-0.05, 0) is 18.2 Å². The van der Waals surface area contributed by atoms with Crippen molar-refractivity contribution in [1.82, 2.24) is 10.2 Å². The molecule has 0 aromatic heterocycles. The molecule has 1 saturated heterocycles. The van der Waals surface area contributed by atoms with E-state index in [0.717, 1.165) is 12.1 Å². The third kappa shape index (κ3) is 4.23. The van der Waals surface area contributed by atoms with Gasteiger partial charge in [0.05, 0.1) is 24.3 Å². The third-order valence-corrected chi connectivity index (χ3v) is 4.54. The van der Waals surface area contributed by atoms with Gasteiger partial charge in [0.1, 0.15) is 11.6 Å². The zero-order chi connectivity index (χ0) is 19.6. The predicted molar refractivity (Wildman–Crippen MR) is 98.3 cm³/mol. The number of hydrogen-bond donors (Lipinski definition) is 1. The minimum atomic E-state index is -4.87. The van der Waals surface area contributed by atoms with Crippen molar-refractivity contribution in [2.75, 3.05) is 26.7 Å².